The van der Waals surface area contributed by atoms with Gasteiger partial charge in [0.05, 0.1) is 31.5 Å². The molecule has 0 bridgehead atoms. The maximum Gasteiger partial charge on any atom is 0.408 e. The van der Waals surface area contributed by atoms with Gasteiger partial charge in [0.1, 0.15) is 6.54 Å². The Morgan fingerprint density at radius 1 is 1.33 bits per heavy atom. The largest absolute Gasteiger partial charge is 0.408 e. The first-order chi connectivity index (χ1) is 11.3. The molecule has 11 heteroatoms. The predicted molar refractivity (Wildman–Crippen MR) is 75.9 cm³/mol. The van der Waals surface area contributed by atoms with Crippen LogP contribution in [-0.2, 0) is 17.8 Å². The van der Waals surface area contributed by atoms with E-state index in [1.807, 2.05) is 18.7 Å². The van der Waals surface area contributed by atoms with Crippen LogP contribution in [0.2, 0.25) is 0 Å². The van der Waals surface area contributed by atoms with E-state index in [2.05, 4.69) is 25.7 Å². The lowest BCUT2D eigenvalue weighted by molar-refractivity contribution is -0.143. The number of aromatic amines is 1. The first-order valence-corrected chi connectivity index (χ1v) is 7.50. The number of H-pyrrole nitrogens is 1. The molecular weight excluding hydrogens is 327 g/mol. The molecule has 3 rings (SSSR count). The van der Waals surface area contributed by atoms with Gasteiger partial charge < -0.3 is 4.74 Å². The monoisotopic (exact) mass is 345 g/mol. The van der Waals surface area contributed by atoms with Crippen LogP contribution in [0.25, 0.3) is 0 Å². The van der Waals surface area contributed by atoms with Crippen LogP contribution in [-0.4, -0.2) is 61.2 Å². The average molecular weight is 345 g/mol. The third-order valence-corrected chi connectivity index (χ3v) is 4.04. The van der Waals surface area contributed by atoms with E-state index in [0.717, 1.165) is 21.6 Å². The molecule has 1 N–H and O–H groups in total. The molecule has 1 atom stereocenters. The number of aryl methyl sites for hydroxylation is 2. The zero-order valence-corrected chi connectivity index (χ0v) is 13.3. The number of hydrogen-bond donors (Lipinski definition) is 1. The second-order valence-corrected chi connectivity index (χ2v) is 5.78. The van der Waals surface area contributed by atoms with Crippen LogP contribution in [0.3, 0.4) is 0 Å². The molecule has 0 amide bonds. The standard InChI is InChI=1S/C13H18F3N7O/c1-8-12(9(2)18-17-8)10-6-24-4-3-22(10)5-11-19-20-21-23(11)7-13(14,15)16/h10H,3-7H2,1-2H3,(H,17,18)/t10-/m1/s1. The van der Waals surface area contributed by atoms with Crippen LogP contribution in [0.4, 0.5) is 13.2 Å². The summed E-state index contributed by atoms with van der Waals surface area (Å²) in [5.41, 5.74) is 2.77. The van der Waals surface area contributed by atoms with Gasteiger partial charge >= 0.3 is 6.18 Å². The van der Waals surface area contributed by atoms with Crippen molar-refractivity contribution in [3.8, 4) is 0 Å². The highest BCUT2D eigenvalue weighted by Gasteiger charge is 2.33. The molecule has 0 saturated carbocycles. The Labute approximate surface area is 136 Å². The highest BCUT2D eigenvalue weighted by molar-refractivity contribution is 5.27. The number of nitrogens with one attached hydrogen (secondary N) is 1. The Morgan fingerprint density at radius 3 is 2.79 bits per heavy atom. The van der Waals surface area contributed by atoms with Gasteiger partial charge in [0.2, 0.25) is 0 Å². The van der Waals surface area contributed by atoms with Gasteiger partial charge in [-0.2, -0.15) is 18.3 Å². The van der Waals surface area contributed by atoms with Gasteiger partial charge in [0.15, 0.2) is 5.82 Å². The molecule has 1 saturated heterocycles. The molecule has 1 aliphatic heterocycles. The fourth-order valence-corrected chi connectivity index (χ4v) is 2.95. The van der Waals surface area contributed by atoms with Gasteiger partial charge in [0, 0.05) is 17.8 Å². The third kappa shape index (κ3) is 3.56. The van der Waals surface area contributed by atoms with Crippen molar-refractivity contribution in [2.24, 2.45) is 0 Å². The number of morpholine rings is 1. The van der Waals surface area contributed by atoms with Crippen LogP contribution >= 0.6 is 0 Å². The van der Waals surface area contributed by atoms with E-state index in [1.165, 1.54) is 0 Å². The second-order valence-electron chi connectivity index (χ2n) is 5.78. The highest BCUT2D eigenvalue weighted by Crippen LogP contribution is 2.29. The molecule has 8 nitrogen and oxygen atoms in total. The molecule has 2 aromatic rings. The molecule has 0 aliphatic carbocycles. The number of rotatable bonds is 4. The zero-order valence-electron chi connectivity index (χ0n) is 13.3. The molecule has 24 heavy (non-hydrogen) atoms. The Bertz CT molecular complexity index is 677. The number of halogens is 3. The fourth-order valence-electron chi connectivity index (χ4n) is 2.95. The van der Waals surface area contributed by atoms with Gasteiger partial charge in [-0.15, -0.1) is 5.10 Å². The van der Waals surface area contributed by atoms with Crippen LogP contribution in [0.1, 0.15) is 28.8 Å². The summed E-state index contributed by atoms with van der Waals surface area (Å²) in [5, 5.41) is 17.7. The van der Waals surface area contributed by atoms with Gasteiger partial charge in [-0.1, -0.05) is 0 Å². The predicted octanol–water partition coefficient (Wildman–Crippen LogP) is 1.15. The number of tetrazole rings is 1. The lowest BCUT2D eigenvalue weighted by atomic mass is 10.0. The Kier molecular flexibility index (Phi) is 4.54. The minimum Gasteiger partial charge on any atom is -0.378 e. The number of alkyl halides is 3. The first-order valence-electron chi connectivity index (χ1n) is 7.50. The molecule has 0 spiro atoms. The summed E-state index contributed by atoms with van der Waals surface area (Å²) < 4.78 is 44.2. The molecule has 2 aromatic heterocycles. The van der Waals surface area contributed by atoms with Crippen LogP contribution in [0, 0.1) is 13.8 Å². The number of ether oxygens (including phenoxy) is 1. The van der Waals surface area contributed by atoms with Crippen LogP contribution < -0.4 is 0 Å². The summed E-state index contributed by atoms with van der Waals surface area (Å²) in [6.45, 7) is 4.34. The summed E-state index contributed by atoms with van der Waals surface area (Å²) in [4.78, 5) is 2.02. The summed E-state index contributed by atoms with van der Waals surface area (Å²) in [5.74, 6) is 0.179. The van der Waals surface area contributed by atoms with Crippen molar-refractivity contribution < 1.29 is 17.9 Å². The van der Waals surface area contributed by atoms with Crippen LogP contribution in [0.5, 0.6) is 0 Å². The Hall–Kier alpha value is -2.01. The van der Waals surface area contributed by atoms with Gasteiger partial charge in [-0.25, -0.2) is 4.68 Å². The quantitative estimate of drug-likeness (QED) is 0.895. The zero-order chi connectivity index (χ0) is 17.3. The third-order valence-electron chi connectivity index (χ3n) is 4.04. The smallest absolute Gasteiger partial charge is 0.378 e. The Morgan fingerprint density at radius 2 is 2.12 bits per heavy atom. The van der Waals surface area contributed by atoms with E-state index in [9.17, 15) is 13.2 Å². The van der Waals surface area contributed by atoms with Crippen molar-refractivity contribution in [3.05, 3.63) is 22.8 Å². The summed E-state index contributed by atoms with van der Waals surface area (Å²) in [6.07, 6.45) is -4.37. The molecule has 3 heterocycles. The van der Waals surface area contributed by atoms with E-state index >= 15 is 0 Å². The van der Waals surface area contributed by atoms with E-state index in [-0.39, 0.29) is 18.4 Å². The molecule has 132 valence electrons. The molecule has 1 fully saturated rings. The molecule has 1 aliphatic rings. The topological polar surface area (TPSA) is 84.8 Å². The first kappa shape index (κ1) is 16.8. The average Bonchev–Trinajstić information content (AvgIpc) is 3.06. The molecular formula is C13H18F3N7O. The van der Waals surface area contributed by atoms with E-state index in [1.54, 1.807) is 0 Å². The minimum absolute atomic E-state index is 0.103. The Balaban J connectivity index is 1.82. The fraction of sp³-hybridized carbons (Fsp3) is 0.692. The maximum absolute atomic E-state index is 12.6. The highest BCUT2D eigenvalue weighted by atomic mass is 19.4. The second kappa shape index (κ2) is 6.48. The van der Waals surface area contributed by atoms with Gasteiger partial charge in [-0.05, 0) is 24.3 Å². The summed E-state index contributed by atoms with van der Waals surface area (Å²) in [6, 6.07) is -0.103. The van der Waals surface area contributed by atoms with Crippen molar-refractivity contribution in [1.82, 2.24) is 35.3 Å². The van der Waals surface area contributed by atoms with Gasteiger partial charge in [0.25, 0.3) is 0 Å². The molecule has 0 aromatic carbocycles. The summed E-state index contributed by atoms with van der Waals surface area (Å²) in [7, 11) is 0. The minimum atomic E-state index is -4.37. The van der Waals surface area contributed by atoms with Crippen molar-refractivity contribution in [2.45, 2.75) is 39.2 Å². The summed E-state index contributed by atoms with van der Waals surface area (Å²) >= 11 is 0. The van der Waals surface area contributed by atoms with Gasteiger partial charge in [-0.3, -0.25) is 10.00 Å². The maximum atomic E-state index is 12.6. The lowest BCUT2D eigenvalue weighted by Gasteiger charge is -2.35. The van der Waals surface area contributed by atoms with Crippen molar-refractivity contribution in [2.75, 3.05) is 19.8 Å². The van der Waals surface area contributed by atoms with Crippen molar-refractivity contribution >= 4 is 0 Å². The van der Waals surface area contributed by atoms with E-state index in [0.29, 0.717) is 19.8 Å². The van der Waals surface area contributed by atoms with E-state index in [4.69, 9.17) is 4.74 Å². The molecule has 0 unspecified atom stereocenters. The van der Waals surface area contributed by atoms with E-state index < -0.39 is 12.7 Å². The van der Waals surface area contributed by atoms with Crippen molar-refractivity contribution in [1.29, 1.82) is 0 Å². The lowest BCUT2D eigenvalue weighted by Crippen LogP contribution is -2.40. The normalized spacial score (nSPS) is 19.8. The number of hydrogen-bond acceptors (Lipinski definition) is 6. The number of aromatic nitrogens is 6. The van der Waals surface area contributed by atoms with Crippen molar-refractivity contribution in [3.63, 3.8) is 0 Å². The number of nitrogens with zero attached hydrogens (tertiary/aromatic N) is 6. The van der Waals surface area contributed by atoms with Crippen LogP contribution in [0.15, 0.2) is 0 Å². The SMILES string of the molecule is Cc1n[nH]c(C)c1[C@H]1COCCN1Cc1nnnn1CC(F)(F)F. The molecule has 0 radical (unpaired) electrons.